The predicted octanol–water partition coefficient (Wildman–Crippen LogP) is -0.791. The third-order valence-electron chi connectivity index (χ3n) is 2.99. The summed E-state index contributed by atoms with van der Waals surface area (Å²) in [6.07, 6.45) is -4.32. The van der Waals surface area contributed by atoms with Crippen LogP contribution in [0.2, 0.25) is 0 Å². The summed E-state index contributed by atoms with van der Waals surface area (Å²) in [4.78, 5) is 12.0. The first kappa shape index (κ1) is 13.6. The smallest absolute Gasteiger partial charge is 0.169 e. The fourth-order valence-corrected chi connectivity index (χ4v) is 2.16. The largest absolute Gasteiger partial charge is 0.390 e. The van der Waals surface area contributed by atoms with E-state index in [-0.39, 0.29) is 12.8 Å². The maximum Gasteiger partial charge on any atom is 0.169 e. The molecular formula is C11H20O5. The minimum absolute atomic E-state index is 0.235. The third-order valence-corrected chi connectivity index (χ3v) is 2.99. The number of aliphatic hydroxyl groups is 4. The molecule has 1 aliphatic carbocycles. The Morgan fingerprint density at radius 3 is 1.81 bits per heavy atom. The second kappa shape index (κ2) is 4.07. The van der Waals surface area contributed by atoms with Crippen molar-refractivity contribution in [1.82, 2.24) is 0 Å². The Morgan fingerprint density at radius 1 is 1.12 bits per heavy atom. The molecule has 2 atom stereocenters. The summed E-state index contributed by atoms with van der Waals surface area (Å²) in [5, 5.41) is 38.4. The predicted molar refractivity (Wildman–Crippen MR) is 56.7 cm³/mol. The van der Waals surface area contributed by atoms with Crippen LogP contribution in [0.15, 0.2) is 0 Å². The maximum absolute atomic E-state index is 12.0. The zero-order valence-corrected chi connectivity index (χ0v) is 9.84. The van der Waals surface area contributed by atoms with E-state index in [9.17, 15) is 25.2 Å². The van der Waals surface area contributed by atoms with Crippen molar-refractivity contribution in [2.75, 3.05) is 0 Å². The van der Waals surface area contributed by atoms with Gasteiger partial charge in [0.05, 0.1) is 12.2 Å². The third kappa shape index (κ3) is 2.43. The van der Waals surface area contributed by atoms with Crippen molar-refractivity contribution in [2.24, 2.45) is 5.41 Å². The molecule has 0 unspecified atom stereocenters. The maximum atomic E-state index is 12.0. The fourth-order valence-electron chi connectivity index (χ4n) is 2.16. The summed E-state index contributed by atoms with van der Waals surface area (Å²) in [6.45, 7) is 4.99. The van der Waals surface area contributed by atoms with E-state index in [1.165, 1.54) is 0 Å². The number of carbonyl (C=O) groups is 1. The molecule has 0 spiro atoms. The molecule has 4 N–H and O–H groups in total. The first-order valence-corrected chi connectivity index (χ1v) is 5.39. The van der Waals surface area contributed by atoms with E-state index >= 15 is 0 Å². The van der Waals surface area contributed by atoms with Gasteiger partial charge in [0.1, 0.15) is 11.7 Å². The minimum atomic E-state index is -1.75. The average Bonchev–Trinajstić information content (AvgIpc) is 2.11. The van der Waals surface area contributed by atoms with E-state index in [1.807, 2.05) is 0 Å². The molecule has 0 aromatic carbocycles. The number of carbonyl (C=O) groups excluding carboxylic acids is 1. The lowest BCUT2D eigenvalue weighted by atomic mass is 9.70. The van der Waals surface area contributed by atoms with Gasteiger partial charge in [0.15, 0.2) is 5.78 Å². The van der Waals surface area contributed by atoms with Crippen LogP contribution >= 0.6 is 0 Å². The number of hydrogen-bond donors (Lipinski definition) is 4. The van der Waals surface area contributed by atoms with Crippen molar-refractivity contribution < 1.29 is 25.2 Å². The zero-order valence-electron chi connectivity index (χ0n) is 9.84. The Hall–Kier alpha value is -0.490. The highest BCUT2D eigenvalue weighted by atomic mass is 16.4. The minimum Gasteiger partial charge on any atom is -0.390 e. The Balaban J connectivity index is 2.91. The Labute approximate surface area is 94.7 Å². The molecule has 5 nitrogen and oxygen atoms in total. The van der Waals surface area contributed by atoms with Gasteiger partial charge in [0.25, 0.3) is 0 Å². The van der Waals surface area contributed by atoms with Crippen molar-refractivity contribution >= 4 is 5.78 Å². The molecule has 1 fully saturated rings. The number of rotatable bonds is 1. The molecule has 0 aromatic heterocycles. The summed E-state index contributed by atoms with van der Waals surface area (Å²) >= 11 is 0. The van der Waals surface area contributed by atoms with Crippen LogP contribution in [0.1, 0.15) is 33.6 Å². The Morgan fingerprint density at radius 2 is 1.50 bits per heavy atom. The first-order valence-electron chi connectivity index (χ1n) is 5.39. The standard InChI is InChI=1S/C11H20O5/c1-10(2,3)9(15)11(16)4-6(12)8(14)7(13)5-11/h6-8,12-14,16H,4-5H2,1-3H3/t6-,7-,8-,11+/m1/s1. The molecule has 0 amide bonds. The van der Waals surface area contributed by atoms with Gasteiger partial charge < -0.3 is 20.4 Å². The van der Waals surface area contributed by atoms with Crippen LogP contribution in [0.4, 0.5) is 0 Å². The van der Waals surface area contributed by atoms with Crippen molar-refractivity contribution in [3.8, 4) is 0 Å². The van der Waals surface area contributed by atoms with E-state index in [0.717, 1.165) is 0 Å². The van der Waals surface area contributed by atoms with Crippen LogP contribution < -0.4 is 0 Å². The van der Waals surface area contributed by atoms with Gasteiger partial charge in [-0.05, 0) is 0 Å². The first-order chi connectivity index (χ1) is 7.08. The molecule has 1 rings (SSSR count). The van der Waals surface area contributed by atoms with Crippen LogP contribution in [0.5, 0.6) is 0 Å². The highest BCUT2D eigenvalue weighted by Crippen LogP contribution is 2.35. The highest BCUT2D eigenvalue weighted by Gasteiger charge is 2.50. The second-order valence-corrected chi connectivity index (χ2v) is 5.64. The van der Waals surface area contributed by atoms with Gasteiger partial charge in [0.2, 0.25) is 0 Å². The monoisotopic (exact) mass is 232 g/mol. The topological polar surface area (TPSA) is 98.0 Å². The molecule has 0 heterocycles. The Kier molecular flexibility index (Phi) is 3.45. The highest BCUT2D eigenvalue weighted by molar-refractivity contribution is 5.91. The molecule has 5 heteroatoms. The van der Waals surface area contributed by atoms with Crippen LogP contribution in [0.3, 0.4) is 0 Å². The van der Waals surface area contributed by atoms with Crippen molar-refractivity contribution in [3.63, 3.8) is 0 Å². The van der Waals surface area contributed by atoms with Crippen LogP contribution in [0, 0.1) is 5.41 Å². The van der Waals surface area contributed by atoms with Crippen molar-refractivity contribution in [3.05, 3.63) is 0 Å². The lowest BCUT2D eigenvalue weighted by Crippen LogP contribution is -2.58. The van der Waals surface area contributed by atoms with E-state index in [0.29, 0.717) is 0 Å². The van der Waals surface area contributed by atoms with Gasteiger partial charge in [-0.15, -0.1) is 0 Å². The molecule has 16 heavy (non-hydrogen) atoms. The molecule has 0 radical (unpaired) electrons. The summed E-state index contributed by atoms with van der Waals surface area (Å²) in [5.41, 5.74) is -2.51. The van der Waals surface area contributed by atoms with E-state index < -0.39 is 35.1 Å². The average molecular weight is 232 g/mol. The van der Waals surface area contributed by atoms with Crippen LogP contribution in [-0.4, -0.2) is 50.1 Å². The van der Waals surface area contributed by atoms with Crippen molar-refractivity contribution in [2.45, 2.75) is 57.5 Å². The molecule has 1 saturated carbocycles. The normalized spacial score (nSPS) is 40.8. The molecule has 0 saturated heterocycles. The van der Waals surface area contributed by atoms with Gasteiger partial charge >= 0.3 is 0 Å². The summed E-state index contributed by atoms with van der Waals surface area (Å²) in [5.74, 6) is -0.426. The molecule has 0 bridgehead atoms. The summed E-state index contributed by atoms with van der Waals surface area (Å²) in [6, 6.07) is 0. The fraction of sp³-hybridized carbons (Fsp3) is 0.909. The quantitative estimate of drug-likeness (QED) is 0.475. The van der Waals surface area contributed by atoms with Gasteiger partial charge in [-0.25, -0.2) is 0 Å². The number of Topliss-reactive ketones (excluding diaryl/α,β-unsaturated/α-hetero) is 1. The number of ketones is 1. The molecular weight excluding hydrogens is 212 g/mol. The van der Waals surface area contributed by atoms with E-state index in [2.05, 4.69) is 0 Å². The molecule has 0 aliphatic heterocycles. The molecule has 0 aromatic rings. The number of hydrogen-bond acceptors (Lipinski definition) is 5. The summed E-state index contributed by atoms with van der Waals surface area (Å²) in [7, 11) is 0. The van der Waals surface area contributed by atoms with Gasteiger partial charge in [-0.3, -0.25) is 4.79 Å². The van der Waals surface area contributed by atoms with Gasteiger partial charge in [-0.1, -0.05) is 20.8 Å². The SMILES string of the molecule is CC(C)(C)C(=O)[C@]1(O)C[C@@H](O)[C@@H](O)[C@H](O)C1. The number of aliphatic hydroxyl groups excluding tert-OH is 3. The zero-order chi connectivity index (χ0) is 12.7. The van der Waals surface area contributed by atoms with Crippen LogP contribution in [0.25, 0.3) is 0 Å². The Bertz CT molecular complexity index is 269. The van der Waals surface area contributed by atoms with Gasteiger partial charge in [-0.2, -0.15) is 0 Å². The van der Waals surface area contributed by atoms with E-state index in [4.69, 9.17) is 0 Å². The lowest BCUT2D eigenvalue weighted by molar-refractivity contribution is -0.177. The lowest BCUT2D eigenvalue weighted by Gasteiger charge is -2.41. The molecule has 1 aliphatic rings. The molecule has 94 valence electrons. The van der Waals surface area contributed by atoms with Crippen molar-refractivity contribution in [1.29, 1.82) is 0 Å². The van der Waals surface area contributed by atoms with Crippen LogP contribution in [-0.2, 0) is 4.79 Å². The second-order valence-electron chi connectivity index (χ2n) is 5.64. The summed E-state index contributed by atoms with van der Waals surface area (Å²) < 4.78 is 0. The van der Waals surface area contributed by atoms with E-state index in [1.54, 1.807) is 20.8 Å². The van der Waals surface area contributed by atoms with Gasteiger partial charge in [0, 0.05) is 18.3 Å².